The molecule has 3 aromatic carbocycles. The van der Waals surface area contributed by atoms with E-state index in [-0.39, 0.29) is 34.9 Å². The summed E-state index contributed by atoms with van der Waals surface area (Å²) in [6.07, 6.45) is 0. The molecule has 4 rings (SSSR count). The molecule has 232 valence electrons. The molecular formula is C26H24N10O7S2. The van der Waals surface area contributed by atoms with Crippen molar-refractivity contribution in [3.05, 3.63) is 71.8 Å². The van der Waals surface area contributed by atoms with Gasteiger partial charge in [-0.05, 0) is 67.4 Å². The smallest absolute Gasteiger partial charge is 0.316 e. The van der Waals surface area contributed by atoms with Gasteiger partial charge in [-0.2, -0.15) is 23.4 Å². The summed E-state index contributed by atoms with van der Waals surface area (Å²) in [7, 11) is -4.58. The number of amides is 2. The van der Waals surface area contributed by atoms with Crippen molar-refractivity contribution in [1.82, 2.24) is 15.0 Å². The fourth-order valence-electron chi connectivity index (χ4n) is 3.61. The van der Waals surface area contributed by atoms with Gasteiger partial charge in [0.15, 0.2) is 0 Å². The zero-order valence-electron chi connectivity index (χ0n) is 23.3. The first kappa shape index (κ1) is 32.6. The number of carbonyl (C=O) groups excluding carboxylic acids is 1. The van der Waals surface area contributed by atoms with Crippen molar-refractivity contribution in [3.63, 3.8) is 0 Å². The number of urea groups is 1. The Morgan fingerprint density at radius 3 is 2.22 bits per heavy atom. The van der Waals surface area contributed by atoms with Crippen LogP contribution in [0, 0.1) is 25.1 Å². The van der Waals surface area contributed by atoms with Gasteiger partial charge < -0.3 is 21.7 Å². The second-order valence-corrected chi connectivity index (χ2v) is 10.8. The lowest BCUT2D eigenvalue weighted by molar-refractivity contribution is -0.431. The topological polar surface area (TPSA) is 248 Å². The number of nitrogens with one attached hydrogen (secondary N) is 4. The molecule has 17 nitrogen and oxygen atoms in total. The molecule has 19 heteroatoms. The molecule has 1 aromatic heterocycles. The number of aryl methyl sites for hydroxylation is 2. The zero-order chi connectivity index (χ0) is 32.4. The Bertz CT molecular complexity index is 1910. The minimum atomic E-state index is -4.58. The third-order valence-corrected chi connectivity index (χ3v) is 6.61. The van der Waals surface area contributed by atoms with Crippen LogP contribution in [0.25, 0.3) is 0 Å². The number of nitrogens with two attached hydrogens (primary N) is 1. The van der Waals surface area contributed by atoms with Gasteiger partial charge in [0.05, 0.1) is 5.69 Å². The van der Waals surface area contributed by atoms with E-state index in [4.69, 9.17) is 11.0 Å². The second kappa shape index (κ2) is 14.9. The van der Waals surface area contributed by atoms with Crippen molar-refractivity contribution in [2.75, 3.05) is 21.3 Å². The SMILES string of the molecule is Cc1cccc(Nc2nc(NC#CSOOO)nc(Nc3ccc(N=Nc4ccc(C)cc4S(=O)(=O)O)c(NC(N)=O)c3)n2)c1. The van der Waals surface area contributed by atoms with Gasteiger partial charge in [0.1, 0.15) is 28.3 Å². The van der Waals surface area contributed by atoms with Gasteiger partial charge in [0.2, 0.25) is 17.8 Å². The molecule has 0 radical (unpaired) electrons. The van der Waals surface area contributed by atoms with E-state index in [9.17, 15) is 17.8 Å². The number of benzene rings is 3. The monoisotopic (exact) mass is 652 g/mol. The van der Waals surface area contributed by atoms with Crippen molar-refractivity contribution >= 4 is 74.5 Å². The van der Waals surface area contributed by atoms with Crippen LogP contribution in [0.5, 0.6) is 0 Å². The quantitative estimate of drug-likeness (QED) is 0.0154. The molecule has 0 spiro atoms. The van der Waals surface area contributed by atoms with E-state index < -0.39 is 21.0 Å². The van der Waals surface area contributed by atoms with Crippen LogP contribution in [0.15, 0.2) is 75.8 Å². The fraction of sp³-hybridized carbons (Fsp3) is 0.0769. The van der Waals surface area contributed by atoms with Crippen LogP contribution in [0.4, 0.5) is 51.1 Å². The average Bonchev–Trinajstić information content (AvgIpc) is 2.96. The van der Waals surface area contributed by atoms with Gasteiger partial charge in [0.25, 0.3) is 10.1 Å². The normalized spacial score (nSPS) is 11.0. The van der Waals surface area contributed by atoms with Gasteiger partial charge in [-0.25, -0.2) is 10.1 Å². The fourth-order valence-corrected chi connectivity index (χ4v) is 4.48. The van der Waals surface area contributed by atoms with Crippen molar-refractivity contribution in [2.45, 2.75) is 18.7 Å². The van der Waals surface area contributed by atoms with E-state index >= 15 is 0 Å². The second-order valence-electron chi connectivity index (χ2n) is 8.87. The van der Waals surface area contributed by atoms with Crippen LogP contribution >= 0.6 is 12.0 Å². The summed E-state index contributed by atoms with van der Waals surface area (Å²) >= 11 is 0.499. The standard InChI is InChI=1S/C26H24N10O7S2/c1-15-4-3-5-17(12-15)29-25-32-24(28-10-11-44-43-42-38)33-26(34-25)30-18-7-9-19(21(14-18)31-23(27)37)35-36-20-8-6-16(2)13-22(20)45(39,40)41/h3-9,12-14,38H,1-2H3,(H3,27,31,37)(H,39,40,41)(H3,28,29,30,32,33,34). The molecule has 8 N–H and O–H groups in total. The highest BCUT2D eigenvalue weighted by Gasteiger charge is 2.16. The Hall–Kier alpha value is -5.36. The molecule has 0 atom stereocenters. The summed E-state index contributed by atoms with van der Waals surface area (Å²) < 4.78 is 37.5. The molecule has 0 aliphatic rings. The molecule has 2 amide bonds. The van der Waals surface area contributed by atoms with E-state index in [1.165, 1.54) is 24.3 Å². The minimum absolute atomic E-state index is 0.0364. The van der Waals surface area contributed by atoms with Crippen LogP contribution < -0.4 is 27.0 Å². The third kappa shape index (κ3) is 9.83. The number of nitrogens with zero attached hydrogens (tertiary/aromatic N) is 5. The lowest BCUT2D eigenvalue weighted by Crippen LogP contribution is -2.19. The molecule has 0 saturated carbocycles. The molecule has 0 saturated heterocycles. The van der Waals surface area contributed by atoms with Gasteiger partial charge in [-0.1, -0.05) is 23.2 Å². The van der Waals surface area contributed by atoms with E-state index in [1.807, 2.05) is 31.2 Å². The van der Waals surface area contributed by atoms with Crippen molar-refractivity contribution in [3.8, 4) is 11.3 Å². The Balaban J connectivity index is 1.65. The van der Waals surface area contributed by atoms with Crippen LogP contribution in [-0.2, 0) is 19.5 Å². The summed E-state index contributed by atoms with van der Waals surface area (Å²) in [5.74, 6) is 0.247. The summed E-state index contributed by atoms with van der Waals surface area (Å²) in [4.78, 5) is 24.3. The Labute approximate surface area is 260 Å². The highest BCUT2D eigenvalue weighted by Crippen LogP contribution is 2.33. The highest BCUT2D eigenvalue weighted by molar-refractivity contribution is 7.99. The van der Waals surface area contributed by atoms with Gasteiger partial charge in [0, 0.05) is 22.7 Å². The molecule has 0 unspecified atom stereocenters. The Kier molecular flexibility index (Phi) is 10.8. The summed E-state index contributed by atoms with van der Waals surface area (Å²) in [6.45, 7) is 3.58. The highest BCUT2D eigenvalue weighted by atomic mass is 32.2. The maximum Gasteiger partial charge on any atom is 0.316 e. The Morgan fingerprint density at radius 1 is 0.911 bits per heavy atom. The number of anilines is 6. The number of rotatable bonds is 11. The zero-order valence-corrected chi connectivity index (χ0v) is 25.0. The lowest BCUT2D eigenvalue weighted by Gasteiger charge is -2.12. The van der Waals surface area contributed by atoms with Crippen molar-refractivity contribution in [1.29, 1.82) is 0 Å². The lowest BCUT2D eigenvalue weighted by atomic mass is 10.2. The van der Waals surface area contributed by atoms with Crippen molar-refractivity contribution in [2.24, 2.45) is 16.0 Å². The number of hydrogen-bond acceptors (Lipinski definition) is 15. The largest absolute Gasteiger partial charge is 0.351 e. The molecule has 0 aliphatic carbocycles. The summed E-state index contributed by atoms with van der Waals surface area (Å²) in [5, 5.41) is 33.3. The minimum Gasteiger partial charge on any atom is -0.351 e. The molecule has 4 aromatic rings. The maximum absolute atomic E-state index is 11.8. The van der Waals surface area contributed by atoms with Crippen LogP contribution in [-0.4, -0.2) is 39.2 Å². The molecule has 0 fully saturated rings. The van der Waals surface area contributed by atoms with E-state index in [0.717, 1.165) is 5.56 Å². The number of primary amides is 1. The number of azo groups is 1. The molecule has 45 heavy (non-hydrogen) atoms. The third-order valence-electron chi connectivity index (χ3n) is 5.41. The van der Waals surface area contributed by atoms with E-state index in [1.54, 1.807) is 19.1 Å². The number of aromatic nitrogens is 3. The first-order valence-electron chi connectivity index (χ1n) is 12.5. The van der Waals surface area contributed by atoms with Gasteiger partial charge in [-0.3, -0.25) is 9.87 Å². The summed E-state index contributed by atoms with van der Waals surface area (Å²) in [5.41, 5.74) is 8.12. The van der Waals surface area contributed by atoms with Gasteiger partial charge >= 0.3 is 6.03 Å². The van der Waals surface area contributed by atoms with E-state index in [0.29, 0.717) is 29.0 Å². The first-order chi connectivity index (χ1) is 21.5. The molecule has 0 aliphatic heterocycles. The van der Waals surface area contributed by atoms with Gasteiger partial charge in [-0.15, -0.1) is 14.6 Å². The Morgan fingerprint density at radius 2 is 1.56 bits per heavy atom. The molecule has 1 heterocycles. The maximum atomic E-state index is 11.8. The van der Waals surface area contributed by atoms with Crippen LogP contribution in [0.2, 0.25) is 0 Å². The van der Waals surface area contributed by atoms with Crippen LogP contribution in [0.1, 0.15) is 11.1 Å². The van der Waals surface area contributed by atoms with E-state index in [2.05, 4.69) is 67.1 Å². The number of carbonyl (C=O) groups is 1. The van der Waals surface area contributed by atoms with Crippen molar-refractivity contribution < 1.29 is 32.4 Å². The summed E-state index contributed by atoms with van der Waals surface area (Å²) in [6, 6.07) is 17.8. The first-order valence-corrected chi connectivity index (χ1v) is 14.7. The predicted molar refractivity (Wildman–Crippen MR) is 166 cm³/mol. The number of hydrogen-bond donors (Lipinski definition) is 7. The molecule has 0 bridgehead atoms. The predicted octanol–water partition coefficient (Wildman–Crippen LogP) is 5.53. The van der Waals surface area contributed by atoms with Crippen LogP contribution in [0.3, 0.4) is 0 Å². The molecular weight excluding hydrogens is 628 g/mol. The average molecular weight is 653 g/mol.